The fourth-order valence-corrected chi connectivity index (χ4v) is 2.62. The number of urea groups is 1. The predicted molar refractivity (Wildman–Crippen MR) is 98.9 cm³/mol. The van der Waals surface area contributed by atoms with E-state index in [2.05, 4.69) is 42.7 Å². The molecule has 2 rings (SSSR count). The van der Waals surface area contributed by atoms with Gasteiger partial charge in [-0.05, 0) is 37.5 Å². The molecule has 0 bridgehead atoms. The lowest BCUT2D eigenvalue weighted by atomic mass is 10.0. The Bertz CT molecular complexity index is 701. The molecule has 0 saturated carbocycles. The molecular formula is C20H26N2O3. The van der Waals surface area contributed by atoms with Crippen molar-refractivity contribution in [1.29, 1.82) is 0 Å². The molecule has 25 heavy (non-hydrogen) atoms. The number of amides is 2. The Kier molecular flexibility index (Phi) is 7.29. The first-order valence-electron chi connectivity index (χ1n) is 8.49. The molecule has 5 heteroatoms. The van der Waals surface area contributed by atoms with Crippen LogP contribution in [0.3, 0.4) is 0 Å². The van der Waals surface area contributed by atoms with Crippen LogP contribution in [0.4, 0.5) is 4.79 Å². The van der Waals surface area contributed by atoms with Gasteiger partial charge in [0.05, 0.1) is 6.61 Å². The van der Waals surface area contributed by atoms with Gasteiger partial charge in [-0.2, -0.15) is 0 Å². The number of ether oxygens (including phenoxy) is 1. The number of aryl methyl sites for hydroxylation is 2. The topological polar surface area (TPSA) is 70.6 Å². The van der Waals surface area contributed by atoms with Gasteiger partial charge in [0.1, 0.15) is 12.4 Å². The van der Waals surface area contributed by atoms with Gasteiger partial charge in [0, 0.05) is 18.7 Å². The number of nitrogens with one attached hydrogen (secondary N) is 2. The van der Waals surface area contributed by atoms with Crippen molar-refractivity contribution < 1.29 is 14.6 Å². The average Bonchev–Trinajstić information content (AvgIpc) is 2.60. The SMILES string of the molecule is Cc1ccc(CCNC(=O)NCc2ccccc2OCCO)c(C)c1. The van der Waals surface area contributed by atoms with E-state index in [1.54, 1.807) is 0 Å². The maximum atomic E-state index is 12.0. The lowest BCUT2D eigenvalue weighted by Crippen LogP contribution is -2.36. The normalized spacial score (nSPS) is 10.4. The van der Waals surface area contributed by atoms with Gasteiger partial charge in [-0.15, -0.1) is 0 Å². The highest BCUT2D eigenvalue weighted by molar-refractivity contribution is 5.73. The standard InChI is InChI=1S/C20H26N2O3/c1-15-7-8-17(16(2)13-15)9-10-21-20(24)22-14-18-5-3-4-6-19(18)25-12-11-23/h3-8,13,23H,9-12,14H2,1-2H3,(H2,21,22,24). The summed E-state index contributed by atoms with van der Waals surface area (Å²) in [4.78, 5) is 12.0. The minimum atomic E-state index is -0.207. The minimum absolute atomic E-state index is 0.0410. The lowest BCUT2D eigenvalue weighted by molar-refractivity contribution is 0.200. The zero-order chi connectivity index (χ0) is 18.1. The van der Waals surface area contributed by atoms with Crippen molar-refractivity contribution in [2.75, 3.05) is 19.8 Å². The Balaban J connectivity index is 1.77. The monoisotopic (exact) mass is 342 g/mol. The highest BCUT2D eigenvalue weighted by Gasteiger charge is 2.06. The third kappa shape index (κ3) is 6.12. The van der Waals surface area contributed by atoms with Crippen molar-refractivity contribution in [2.24, 2.45) is 0 Å². The van der Waals surface area contributed by atoms with Gasteiger partial charge in [0.15, 0.2) is 0 Å². The molecule has 2 aromatic carbocycles. The van der Waals surface area contributed by atoms with Crippen LogP contribution in [0.25, 0.3) is 0 Å². The Morgan fingerprint density at radius 2 is 1.88 bits per heavy atom. The van der Waals surface area contributed by atoms with Crippen LogP contribution in [0.15, 0.2) is 42.5 Å². The van der Waals surface area contributed by atoms with Crippen molar-refractivity contribution in [3.05, 3.63) is 64.7 Å². The smallest absolute Gasteiger partial charge is 0.315 e. The van der Waals surface area contributed by atoms with Gasteiger partial charge < -0.3 is 20.5 Å². The number of hydrogen-bond acceptors (Lipinski definition) is 3. The number of benzene rings is 2. The molecule has 0 unspecified atom stereocenters. The van der Waals surface area contributed by atoms with Gasteiger partial charge in [-0.3, -0.25) is 0 Å². The van der Waals surface area contributed by atoms with Crippen LogP contribution in [0.1, 0.15) is 22.3 Å². The average molecular weight is 342 g/mol. The number of aliphatic hydroxyl groups excluding tert-OH is 1. The summed E-state index contributed by atoms with van der Waals surface area (Å²) in [6.07, 6.45) is 0.801. The molecule has 134 valence electrons. The van der Waals surface area contributed by atoms with Gasteiger partial charge in [0.2, 0.25) is 0 Å². The van der Waals surface area contributed by atoms with Crippen LogP contribution >= 0.6 is 0 Å². The van der Waals surface area contributed by atoms with Crippen molar-refractivity contribution in [3.63, 3.8) is 0 Å². The first-order valence-corrected chi connectivity index (χ1v) is 8.49. The predicted octanol–water partition coefficient (Wildman–Crippen LogP) is 2.72. The van der Waals surface area contributed by atoms with Gasteiger partial charge in [-0.1, -0.05) is 42.0 Å². The Labute approximate surface area is 149 Å². The van der Waals surface area contributed by atoms with E-state index in [0.29, 0.717) is 18.8 Å². The number of carbonyl (C=O) groups excluding carboxylic acids is 1. The van der Waals surface area contributed by atoms with E-state index in [4.69, 9.17) is 9.84 Å². The molecule has 0 heterocycles. The molecule has 0 atom stereocenters. The number of carbonyl (C=O) groups is 1. The molecule has 0 aliphatic carbocycles. The number of aliphatic hydroxyl groups is 1. The molecular weight excluding hydrogens is 316 g/mol. The summed E-state index contributed by atoms with van der Waals surface area (Å²) in [5, 5.41) is 14.6. The summed E-state index contributed by atoms with van der Waals surface area (Å²) < 4.78 is 5.46. The van der Waals surface area contributed by atoms with Crippen LogP contribution in [-0.2, 0) is 13.0 Å². The molecule has 0 aliphatic heterocycles. The van der Waals surface area contributed by atoms with Crippen LogP contribution in [0.5, 0.6) is 5.75 Å². The molecule has 0 saturated heterocycles. The fraction of sp³-hybridized carbons (Fsp3) is 0.350. The van der Waals surface area contributed by atoms with E-state index in [1.165, 1.54) is 16.7 Å². The van der Waals surface area contributed by atoms with Gasteiger partial charge in [0.25, 0.3) is 0 Å². The maximum absolute atomic E-state index is 12.0. The summed E-state index contributed by atoms with van der Waals surface area (Å²) in [6.45, 7) is 5.31. The summed E-state index contributed by atoms with van der Waals surface area (Å²) in [5.74, 6) is 0.673. The summed E-state index contributed by atoms with van der Waals surface area (Å²) >= 11 is 0. The van der Waals surface area contributed by atoms with E-state index in [9.17, 15) is 4.79 Å². The van der Waals surface area contributed by atoms with E-state index < -0.39 is 0 Å². The van der Waals surface area contributed by atoms with Crippen LogP contribution in [0, 0.1) is 13.8 Å². The number of rotatable bonds is 8. The highest BCUT2D eigenvalue weighted by Crippen LogP contribution is 2.17. The Morgan fingerprint density at radius 1 is 1.08 bits per heavy atom. The molecule has 0 aliphatic rings. The van der Waals surface area contributed by atoms with Gasteiger partial charge >= 0.3 is 6.03 Å². The summed E-state index contributed by atoms with van der Waals surface area (Å²) in [6, 6.07) is 13.6. The summed E-state index contributed by atoms with van der Waals surface area (Å²) in [7, 11) is 0. The zero-order valence-electron chi connectivity index (χ0n) is 14.8. The molecule has 2 amide bonds. The van der Waals surface area contributed by atoms with Crippen LogP contribution < -0.4 is 15.4 Å². The first kappa shape index (κ1) is 18.8. The maximum Gasteiger partial charge on any atom is 0.315 e. The molecule has 3 N–H and O–H groups in total. The van der Waals surface area contributed by atoms with Gasteiger partial charge in [-0.25, -0.2) is 4.79 Å². The lowest BCUT2D eigenvalue weighted by Gasteiger charge is -2.12. The van der Waals surface area contributed by atoms with E-state index >= 15 is 0 Å². The number of para-hydroxylation sites is 1. The zero-order valence-corrected chi connectivity index (χ0v) is 14.8. The van der Waals surface area contributed by atoms with Crippen molar-refractivity contribution in [3.8, 4) is 5.75 Å². The van der Waals surface area contributed by atoms with Crippen LogP contribution in [-0.4, -0.2) is 30.9 Å². The number of hydrogen-bond donors (Lipinski definition) is 3. The Hall–Kier alpha value is -2.53. The molecule has 0 aromatic heterocycles. The largest absolute Gasteiger partial charge is 0.491 e. The second-order valence-corrected chi connectivity index (χ2v) is 5.97. The molecule has 2 aromatic rings. The fourth-order valence-electron chi connectivity index (χ4n) is 2.62. The van der Waals surface area contributed by atoms with E-state index in [1.807, 2.05) is 24.3 Å². The van der Waals surface area contributed by atoms with E-state index in [0.717, 1.165) is 12.0 Å². The van der Waals surface area contributed by atoms with Crippen LogP contribution in [0.2, 0.25) is 0 Å². The third-order valence-corrected chi connectivity index (χ3v) is 3.94. The minimum Gasteiger partial charge on any atom is -0.491 e. The third-order valence-electron chi connectivity index (χ3n) is 3.94. The molecule has 5 nitrogen and oxygen atoms in total. The molecule has 0 spiro atoms. The molecule has 0 radical (unpaired) electrons. The Morgan fingerprint density at radius 3 is 2.64 bits per heavy atom. The van der Waals surface area contributed by atoms with E-state index in [-0.39, 0.29) is 19.2 Å². The second-order valence-electron chi connectivity index (χ2n) is 5.97. The highest BCUT2D eigenvalue weighted by atomic mass is 16.5. The quantitative estimate of drug-likeness (QED) is 0.691. The van der Waals surface area contributed by atoms with Crippen molar-refractivity contribution in [2.45, 2.75) is 26.8 Å². The van der Waals surface area contributed by atoms with Crippen molar-refractivity contribution in [1.82, 2.24) is 10.6 Å². The molecule has 0 fully saturated rings. The first-order chi connectivity index (χ1) is 12.1. The summed E-state index contributed by atoms with van der Waals surface area (Å²) in [5.41, 5.74) is 4.61. The second kappa shape index (κ2) is 9.69. The van der Waals surface area contributed by atoms with Crippen molar-refractivity contribution >= 4 is 6.03 Å².